The molecule has 0 saturated carbocycles. The summed E-state index contributed by atoms with van der Waals surface area (Å²) in [6, 6.07) is 1.23. The van der Waals surface area contributed by atoms with E-state index in [1.54, 1.807) is 0 Å². The van der Waals surface area contributed by atoms with Crippen molar-refractivity contribution < 1.29 is 13.2 Å². The second-order valence-electron chi connectivity index (χ2n) is 2.06. The molecule has 0 aliphatic carbocycles. The van der Waals surface area contributed by atoms with Gasteiger partial charge < -0.3 is 0 Å². The smallest absolute Gasteiger partial charge is 0.180 e. The van der Waals surface area contributed by atoms with Gasteiger partial charge in [-0.1, -0.05) is 0 Å². The van der Waals surface area contributed by atoms with Crippen LogP contribution in [0.2, 0.25) is 0 Å². The van der Waals surface area contributed by atoms with E-state index in [1.807, 2.05) is 0 Å². The highest BCUT2D eigenvalue weighted by molar-refractivity contribution is 9.13. The van der Waals surface area contributed by atoms with Crippen LogP contribution < -0.4 is 0 Å². The lowest BCUT2D eigenvalue weighted by molar-refractivity contribution is 0.484. The van der Waals surface area contributed by atoms with Gasteiger partial charge in [0.25, 0.3) is 0 Å². The lowest BCUT2D eigenvalue weighted by atomic mass is 10.2. The number of nitrogens with zero attached hydrogens (tertiary/aromatic N) is 1. The molecule has 0 spiro atoms. The summed E-state index contributed by atoms with van der Waals surface area (Å²) in [6.45, 7) is 0. The molecule has 1 aromatic rings. The molecule has 0 unspecified atom stereocenters. The summed E-state index contributed by atoms with van der Waals surface area (Å²) >= 11 is 5.31. The minimum atomic E-state index is -1.49. The van der Waals surface area contributed by atoms with E-state index in [1.165, 1.54) is 6.07 Å². The number of halogens is 5. The lowest BCUT2D eigenvalue weighted by Gasteiger charge is -2.03. The number of hydrogen-bond acceptors (Lipinski definition) is 1. The molecule has 68 valence electrons. The van der Waals surface area contributed by atoms with Crippen LogP contribution in [0.25, 0.3) is 0 Å². The molecular weight excluding hydrogens is 315 g/mol. The summed E-state index contributed by atoms with van der Waals surface area (Å²) in [7, 11) is 0. The fourth-order valence-corrected chi connectivity index (χ4v) is 1.42. The molecule has 0 atom stereocenters. The van der Waals surface area contributed by atoms with Gasteiger partial charge in [0, 0.05) is 0 Å². The van der Waals surface area contributed by atoms with Crippen LogP contribution in [-0.4, -0.2) is 0 Å². The zero-order valence-corrected chi connectivity index (χ0v) is 9.01. The van der Waals surface area contributed by atoms with Crippen LogP contribution in [-0.2, 0) is 0 Å². The van der Waals surface area contributed by atoms with Gasteiger partial charge >= 0.3 is 0 Å². The van der Waals surface area contributed by atoms with Crippen LogP contribution in [0, 0.1) is 28.8 Å². The number of rotatable bonds is 0. The predicted octanol–water partition coefficient (Wildman–Crippen LogP) is 3.50. The quantitative estimate of drug-likeness (QED) is 0.531. The molecule has 1 rings (SSSR count). The van der Waals surface area contributed by atoms with Crippen LogP contribution in [0.3, 0.4) is 0 Å². The Morgan fingerprint density at radius 2 is 1.38 bits per heavy atom. The molecule has 6 heteroatoms. The van der Waals surface area contributed by atoms with Crippen molar-refractivity contribution >= 4 is 31.9 Å². The lowest BCUT2D eigenvalue weighted by Crippen LogP contribution is -1.98. The SMILES string of the molecule is N#Cc1c(F)c(F)c(Br)c(Br)c1F. The molecule has 0 amide bonds. The first-order chi connectivity index (χ1) is 6.00. The third-order valence-corrected chi connectivity index (χ3v) is 3.34. The number of hydrogen-bond donors (Lipinski definition) is 0. The predicted molar refractivity (Wildman–Crippen MR) is 46.4 cm³/mol. The van der Waals surface area contributed by atoms with Crippen molar-refractivity contribution in [2.75, 3.05) is 0 Å². The summed E-state index contributed by atoms with van der Waals surface area (Å²) in [4.78, 5) is 0. The fourth-order valence-electron chi connectivity index (χ4n) is 0.703. The minimum Gasteiger partial charge on any atom is -0.204 e. The first kappa shape index (κ1) is 10.5. The Balaban J connectivity index is 3.69. The van der Waals surface area contributed by atoms with Gasteiger partial charge in [-0.25, -0.2) is 13.2 Å². The van der Waals surface area contributed by atoms with E-state index in [0.717, 1.165) is 0 Å². The maximum atomic E-state index is 13.0. The summed E-state index contributed by atoms with van der Waals surface area (Å²) < 4.78 is 38.0. The van der Waals surface area contributed by atoms with E-state index in [9.17, 15) is 13.2 Å². The van der Waals surface area contributed by atoms with Crippen LogP contribution in [0.5, 0.6) is 0 Å². The van der Waals surface area contributed by atoms with Crippen molar-refractivity contribution in [1.82, 2.24) is 0 Å². The fraction of sp³-hybridized carbons (Fsp3) is 0. The van der Waals surface area contributed by atoms with Crippen molar-refractivity contribution in [3.63, 3.8) is 0 Å². The Kier molecular flexibility index (Phi) is 2.98. The van der Waals surface area contributed by atoms with Gasteiger partial charge in [0.2, 0.25) is 0 Å². The first-order valence-electron chi connectivity index (χ1n) is 2.92. The maximum absolute atomic E-state index is 13.0. The van der Waals surface area contributed by atoms with Gasteiger partial charge in [-0.05, 0) is 31.9 Å². The van der Waals surface area contributed by atoms with Crippen molar-refractivity contribution in [3.05, 3.63) is 32.0 Å². The van der Waals surface area contributed by atoms with Gasteiger partial charge in [-0.15, -0.1) is 0 Å². The zero-order valence-electron chi connectivity index (χ0n) is 5.84. The van der Waals surface area contributed by atoms with E-state index in [-0.39, 0.29) is 8.95 Å². The molecular formula is C7Br2F3N. The highest BCUT2D eigenvalue weighted by Crippen LogP contribution is 2.32. The molecule has 0 saturated heterocycles. The molecule has 13 heavy (non-hydrogen) atoms. The average molecular weight is 315 g/mol. The summed E-state index contributed by atoms with van der Waals surface area (Å²) in [5, 5.41) is 8.31. The van der Waals surface area contributed by atoms with Gasteiger partial charge in [0.05, 0.1) is 8.95 Å². The van der Waals surface area contributed by atoms with Gasteiger partial charge in [0.15, 0.2) is 17.5 Å². The monoisotopic (exact) mass is 313 g/mol. The van der Waals surface area contributed by atoms with E-state index >= 15 is 0 Å². The third kappa shape index (κ3) is 1.58. The molecule has 0 aliphatic rings. The normalized spacial score (nSPS) is 9.85. The third-order valence-electron chi connectivity index (χ3n) is 1.32. The van der Waals surface area contributed by atoms with Crippen LogP contribution in [0.15, 0.2) is 8.95 Å². The molecule has 1 nitrogen and oxygen atoms in total. The van der Waals surface area contributed by atoms with Crippen LogP contribution in [0.1, 0.15) is 5.56 Å². The van der Waals surface area contributed by atoms with Crippen molar-refractivity contribution in [2.24, 2.45) is 0 Å². The highest BCUT2D eigenvalue weighted by atomic mass is 79.9. The second-order valence-corrected chi connectivity index (χ2v) is 3.64. The average Bonchev–Trinajstić information content (AvgIpc) is 2.13. The van der Waals surface area contributed by atoms with Gasteiger partial charge in [0.1, 0.15) is 11.6 Å². The van der Waals surface area contributed by atoms with Crippen molar-refractivity contribution in [2.45, 2.75) is 0 Å². The van der Waals surface area contributed by atoms with Crippen LogP contribution >= 0.6 is 31.9 Å². The van der Waals surface area contributed by atoms with E-state index in [0.29, 0.717) is 0 Å². The molecule has 0 bridgehead atoms. The largest absolute Gasteiger partial charge is 0.204 e. The minimum absolute atomic E-state index is 0.303. The van der Waals surface area contributed by atoms with E-state index in [2.05, 4.69) is 31.9 Å². The first-order valence-corrected chi connectivity index (χ1v) is 4.50. The standard InChI is InChI=1S/C7Br2F3N/c8-3-4(9)7(12)6(11)2(1-13)5(3)10. The summed E-state index contributed by atoms with van der Waals surface area (Å²) in [6.07, 6.45) is 0. The summed E-state index contributed by atoms with van der Waals surface area (Å²) in [5.41, 5.74) is -0.937. The molecule has 1 aromatic carbocycles. The molecule has 0 N–H and O–H groups in total. The highest BCUT2D eigenvalue weighted by Gasteiger charge is 2.21. The summed E-state index contributed by atoms with van der Waals surface area (Å²) in [5.74, 6) is -3.90. The van der Waals surface area contributed by atoms with Crippen LogP contribution in [0.4, 0.5) is 13.2 Å². The zero-order chi connectivity index (χ0) is 10.2. The second kappa shape index (κ2) is 3.68. The van der Waals surface area contributed by atoms with Gasteiger partial charge in [-0.2, -0.15) is 5.26 Å². The maximum Gasteiger partial charge on any atom is 0.180 e. The Morgan fingerprint density at radius 3 is 1.85 bits per heavy atom. The van der Waals surface area contributed by atoms with Crippen molar-refractivity contribution in [3.8, 4) is 6.07 Å². The number of nitriles is 1. The van der Waals surface area contributed by atoms with Crippen molar-refractivity contribution in [1.29, 1.82) is 5.26 Å². The molecule has 0 aromatic heterocycles. The molecule has 0 heterocycles. The molecule has 0 fully saturated rings. The van der Waals surface area contributed by atoms with E-state index < -0.39 is 23.0 Å². The van der Waals surface area contributed by atoms with E-state index in [4.69, 9.17) is 5.26 Å². The number of benzene rings is 1. The van der Waals surface area contributed by atoms with Gasteiger partial charge in [-0.3, -0.25) is 0 Å². The Morgan fingerprint density at radius 1 is 0.923 bits per heavy atom. The molecule has 0 radical (unpaired) electrons. The Labute approximate surface area is 88.4 Å². The molecule has 0 aliphatic heterocycles. The topological polar surface area (TPSA) is 23.8 Å². The Hall–Kier alpha value is -0.540. The Bertz CT molecular complexity index is 382.